The molecule has 3 heterocycles. The van der Waals surface area contributed by atoms with Gasteiger partial charge < -0.3 is 19.6 Å². The monoisotopic (exact) mass is 430 g/mol. The van der Waals surface area contributed by atoms with E-state index in [1.807, 2.05) is 30.8 Å². The summed E-state index contributed by atoms with van der Waals surface area (Å²) in [5.74, 6) is 0.393. The zero-order chi connectivity index (χ0) is 20.7. The number of carbonyl (C=O) groups excluding carboxylic acids is 2. The van der Waals surface area contributed by atoms with Crippen molar-refractivity contribution >= 4 is 41.4 Å². The number of amides is 1. The molecule has 2 fully saturated rings. The molecular weight excluding hydrogens is 404 g/mol. The Morgan fingerprint density at radius 3 is 2.61 bits per heavy atom. The molecule has 0 saturated carbocycles. The first kappa shape index (κ1) is 22.6. The molecule has 1 spiro atoms. The van der Waals surface area contributed by atoms with Crippen LogP contribution in [0.4, 0.5) is 0 Å². The van der Waals surface area contributed by atoms with Gasteiger partial charge in [0, 0.05) is 26.1 Å². The number of rotatable bonds is 5. The van der Waals surface area contributed by atoms with Gasteiger partial charge in [0.05, 0.1) is 11.2 Å². The highest BCUT2D eigenvalue weighted by Crippen LogP contribution is 2.43. The number of aryl methyl sites for hydroxylation is 1. The van der Waals surface area contributed by atoms with Crippen LogP contribution in [0.1, 0.15) is 24.3 Å². The third-order valence-electron chi connectivity index (χ3n) is 4.79. The van der Waals surface area contributed by atoms with Crippen molar-refractivity contribution in [1.82, 2.24) is 20.0 Å². The Bertz CT molecular complexity index is 689. The number of esters is 1. The fourth-order valence-corrected chi connectivity index (χ4v) is 5.21. The molecule has 2 aliphatic rings. The maximum atomic E-state index is 12.4. The summed E-state index contributed by atoms with van der Waals surface area (Å²) in [5, 5.41) is 15.8. The molecule has 1 atom stereocenters. The number of likely N-dealkylation sites (N-methyl/N-ethyl adjacent to an activating group) is 1. The summed E-state index contributed by atoms with van der Waals surface area (Å²) in [6, 6.07) is 0. The molecule has 2 aliphatic heterocycles. The van der Waals surface area contributed by atoms with Crippen LogP contribution in [0.15, 0.2) is 4.34 Å². The summed E-state index contributed by atoms with van der Waals surface area (Å²) in [5.41, 5.74) is -0.388. The minimum atomic E-state index is -0.388. The number of carboxylic acid groups (broad SMARTS) is 1. The van der Waals surface area contributed by atoms with E-state index in [9.17, 15) is 9.59 Å². The predicted molar refractivity (Wildman–Crippen MR) is 105 cm³/mol. The van der Waals surface area contributed by atoms with Crippen LogP contribution < -0.4 is 0 Å². The maximum absolute atomic E-state index is 12.4. The molecule has 1 aromatic rings. The average molecular weight is 431 g/mol. The zero-order valence-electron chi connectivity index (χ0n) is 16.3. The van der Waals surface area contributed by atoms with E-state index in [0.29, 0.717) is 31.7 Å². The highest BCUT2D eigenvalue weighted by Gasteiger charge is 2.50. The van der Waals surface area contributed by atoms with Crippen LogP contribution in [0.25, 0.3) is 0 Å². The van der Waals surface area contributed by atoms with E-state index in [0.717, 1.165) is 22.3 Å². The molecule has 156 valence electrons. The van der Waals surface area contributed by atoms with Gasteiger partial charge in [-0.3, -0.25) is 14.4 Å². The number of carbonyl (C=O) groups is 3. The Labute approximate surface area is 172 Å². The highest BCUT2D eigenvalue weighted by molar-refractivity contribution is 8.01. The van der Waals surface area contributed by atoms with E-state index in [4.69, 9.17) is 14.6 Å². The number of cyclic esters (lactones) is 1. The standard InChI is InChI=1S/C16H24N4O3S2.CH2O2/c1-11-17-18-15(25-11)24-10-13(21)20-6-4-16(5-7-20)8-12(9-19(2)3)23-14(16)22;2-1-3/h12H,4-10H2,1-3H3;1H,(H,2,3). The van der Waals surface area contributed by atoms with Crippen LogP contribution in [-0.2, 0) is 19.1 Å². The van der Waals surface area contributed by atoms with Gasteiger partial charge in [-0.15, -0.1) is 10.2 Å². The van der Waals surface area contributed by atoms with Crippen molar-refractivity contribution in [2.45, 2.75) is 36.6 Å². The molecule has 28 heavy (non-hydrogen) atoms. The Morgan fingerprint density at radius 1 is 1.43 bits per heavy atom. The van der Waals surface area contributed by atoms with E-state index in [1.54, 1.807) is 0 Å². The zero-order valence-corrected chi connectivity index (χ0v) is 17.9. The average Bonchev–Trinajstić information content (AvgIpc) is 3.17. The Kier molecular flexibility index (Phi) is 8.20. The predicted octanol–water partition coefficient (Wildman–Crippen LogP) is 1.13. The highest BCUT2D eigenvalue weighted by atomic mass is 32.2. The van der Waals surface area contributed by atoms with Crippen molar-refractivity contribution in [3.8, 4) is 0 Å². The van der Waals surface area contributed by atoms with E-state index >= 15 is 0 Å². The summed E-state index contributed by atoms with van der Waals surface area (Å²) >= 11 is 2.93. The molecule has 0 radical (unpaired) electrons. The molecule has 0 aliphatic carbocycles. The molecule has 1 N–H and O–H groups in total. The van der Waals surface area contributed by atoms with Crippen LogP contribution in [0, 0.1) is 12.3 Å². The minimum absolute atomic E-state index is 0.0269. The first-order chi connectivity index (χ1) is 13.3. The number of likely N-dealkylation sites (tertiary alicyclic amines) is 1. The second-order valence-electron chi connectivity index (χ2n) is 7.14. The van der Waals surface area contributed by atoms with Crippen molar-refractivity contribution in [2.75, 3.05) is 39.5 Å². The third-order valence-corrected chi connectivity index (χ3v) is 6.75. The normalized spacial score (nSPS) is 20.6. The number of piperidine rings is 1. The van der Waals surface area contributed by atoms with Gasteiger partial charge in [-0.1, -0.05) is 23.1 Å². The third kappa shape index (κ3) is 5.89. The van der Waals surface area contributed by atoms with Gasteiger partial charge in [0.2, 0.25) is 5.91 Å². The van der Waals surface area contributed by atoms with Gasteiger partial charge in [-0.05, 0) is 33.9 Å². The SMILES string of the molecule is Cc1nnc(SCC(=O)N2CCC3(CC2)CC(CN(C)C)OC3=O)s1.O=CO. The van der Waals surface area contributed by atoms with Gasteiger partial charge in [0.25, 0.3) is 6.47 Å². The van der Waals surface area contributed by atoms with Crippen LogP contribution >= 0.6 is 23.1 Å². The van der Waals surface area contributed by atoms with Crippen molar-refractivity contribution in [3.05, 3.63) is 5.01 Å². The van der Waals surface area contributed by atoms with Crippen LogP contribution in [0.2, 0.25) is 0 Å². The second-order valence-corrected chi connectivity index (χ2v) is 9.54. The number of aromatic nitrogens is 2. The fraction of sp³-hybridized carbons (Fsp3) is 0.706. The minimum Gasteiger partial charge on any atom is -0.483 e. The molecule has 9 nitrogen and oxygen atoms in total. The molecule has 0 bridgehead atoms. The van der Waals surface area contributed by atoms with Gasteiger partial charge in [0.15, 0.2) is 4.34 Å². The number of hydrogen-bond donors (Lipinski definition) is 1. The summed E-state index contributed by atoms with van der Waals surface area (Å²) in [4.78, 5) is 37.0. The Hall–Kier alpha value is -1.72. The Morgan fingerprint density at radius 2 is 2.07 bits per heavy atom. The molecule has 11 heteroatoms. The van der Waals surface area contributed by atoms with Gasteiger partial charge in [0.1, 0.15) is 11.1 Å². The molecule has 1 unspecified atom stereocenters. The number of nitrogens with zero attached hydrogens (tertiary/aromatic N) is 4. The van der Waals surface area contributed by atoms with Crippen LogP contribution in [0.5, 0.6) is 0 Å². The van der Waals surface area contributed by atoms with Crippen LogP contribution in [0.3, 0.4) is 0 Å². The van der Waals surface area contributed by atoms with Gasteiger partial charge >= 0.3 is 5.97 Å². The first-order valence-corrected chi connectivity index (χ1v) is 10.7. The van der Waals surface area contributed by atoms with Gasteiger partial charge in [-0.25, -0.2) is 0 Å². The fourth-order valence-electron chi connectivity index (χ4n) is 3.49. The largest absolute Gasteiger partial charge is 0.483 e. The topological polar surface area (TPSA) is 113 Å². The first-order valence-electron chi connectivity index (χ1n) is 8.94. The molecule has 3 rings (SSSR count). The second kappa shape index (κ2) is 10.2. The lowest BCUT2D eigenvalue weighted by Crippen LogP contribution is -2.45. The summed E-state index contributed by atoms with van der Waals surface area (Å²) < 4.78 is 6.39. The molecule has 2 saturated heterocycles. The van der Waals surface area contributed by atoms with Crippen molar-refractivity contribution in [2.24, 2.45) is 5.41 Å². The lowest BCUT2D eigenvalue weighted by molar-refractivity contribution is -0.152. The summed E-state index contributed by atoms with van der Waals surface area (Å²) in [6.45, 7) is 3.66. The van der Waals surface area contributed by atoms with E-state index in [2.05, 4.69) is 10.2 Å². The molecule has 0 aromatic carbocycles. The number of ether oxygens (including phenoxy) is 1. The number of thioether (sulfide) groups is 1. The van der Waals surface area contributed by atoms with Crippen molar-refractivity contribution < 1.29 is 24.2 Å². The van der Waals surface area contributed by atoms with E-state index in [-0.39, 0.29) is 29.9 Å². The molecule has 1 aromatic heterocycles. The lowest BCUT2D eigenvalue weighted by Gasteiger charge is -2.36. The quantitative estimate of drug-likeness (QED) is 0.417. The van der Waals surface area contributed by atoms with Crippen molar-refractivity contribution in [3.63, 3.8) is 0 Å². The lowest BCUT2D eigenvalue weighted by atomic mass is 9.76. The summed E-state index contributed by atoms with van der Waals surface area (Å²) in [7, 11) is 3.97. The van der Waals surface area contributed by atoms with Gasteiger partial charge in [-0.2, -0.15) is 0 Å². The van der Waals surface area contributed by atoms with E-state index < -0.39 is 0 Å². The van der Waals surface area contributed by atoms with Crippen LogP contribution in [-0.4, -0.2) is 89.0 Å². The maximum Gasteiger partial charge on any atom is 0.312 e. The molecular formula is C17H26N4O5S2. The molecule has 1 amide bonds. The number of hydrogen-bond acceptors (Lipinski definition) is 9. The van der Waals surface area contributed by atoms with Crippen molar-refractivity contribution in [1.29, 1.82) is 0 Å². The van der Waals surface area contributed by atoms with E-state index in [1.165, 1.54) is 23.1 Å². The summed E-state index contributed by atoms with van der Waals surface area (Å²) in [6.07, 6.45) is 2.14. The Balaban J connectivity index is 0.000000878. The smallest absolute Gasteiger partial charge is 0.312 e.